The van der Waals surface area contributed by atoms with Gasteiger partial charge in [0.2, 0.25) is 0 Å². The Balaban J connectivity index is 2.88. The van der Waals surface area contributed by atoms with Gasteiger partial charge in [-0.1, -0.05) is 85.7 Å². The van der Waals surface area contributed by atoms with Crippen molar-refractivity contribution in [3.05, 3.63) is 35.9 Å². The van der Waals surface area contributed by atoms with Gasteiger partial charge in [0, 0.05) is 25.0 Å². The van der Waals surface area contributed by atoms with Crippen LogP contribution in [0.5, 0.6) is 0 Å². The molecular formula is C26H50O3Si2. The summed E-state index contributed by atoms with van der Waals surface area (Å²) in [5, 5.41) is 0.425. The van der Waals surface area contributed by atoms with Crippen LogP contribution in [0.3, 0.4) is 0 Å². The van der Waals surface area contributed by atoms with Crippen molar-refractivity contribution in [3.8, 4) is 0 Å². The first kappa shape index (κ1) is 28.6. The maximum absolute atomic E-state index is 6.57. The minimum Gasteiger partial charge on any atom is -0.416 e. The molecule has 0 amide bonds. The summed E-state index contributed by atoms with van der Waals surface area (Å²) < 4.78 is 19.7. The molecule has 0 bridgehead atoms. The molecule has 0 aliphatic carbocycles. The predicted octanol–water partition coefficient (Wildman–Crippen LogP) is 7.89. The van der Waals surface area contributed by atoms with E-state index in [1.165, 1.54) is 5.56 Å². The summed E-state index contributed by atoms with van der Waals surface area (Å²) >= 11 is 0. The van der Waals surface area contributed by atoms with Crippen LogP contribution in [0.2, 0.25) is 36.3 Å². The first-order valence-electron chi connectivity index (χ1n) is 11.9. The van der Waals surface area contributed by atoms with Crippen molar-refractivity contribution in [2.45, 2.75) is 104 Å². The van der Waals surface area contributed by atoms with E-state index in [1.54, 1.807) is 0 Å². The fourth-order valence-corrected chi connectivity index (χ4v) is 5.18. The lowest BCUT2D eigenvalue weighted by Gasteiger charge is -2.40. The zero-order valence-corrected chi connectivity index (χ0v) is 24.5. The highest BCUT2D eigenvalue weighted by Crippen LogP contribution is 2.38. The van der Waals surface area contributed by atoms with Crippen LogP contribution in [-0.4, -0.2) is 36.0 Å². The molecule has 0 saturated heterocycles. The molecule has 0 spiro atoms. The second-order valence-electron chi connectivity index (χ2n) is 12.4. The molecule has 1 aromatic carbocycles. The van der Waals surface area contributed by atoms with E-state index in [-0.39, 0.29) is 16.2 Å². The van der Waals surface area contributed by atoms with Crippen molar-refractivity contribution in [1.82, 2.24) is 0 Å². The van der Waals surface area contributed by atoms with Gasteiger partial charge in [0.1, 0.15) is 0 Å². The molecule has 0 aliphatic rings. The summed E-state index contributed by atoms with van der Waals surface area (Å²) in [6.45, 7) is 29.7. The Bertz CT molecular complexity index is 609. The van der Waals surface area contributed by atoms with Crippen molar-refractivity contribution in [3.63, 3.8) is 0 Å². The second-order valence-corrected chi connectivity index (χ2v) is 22.0. The molecule has 0 radical (unpaired) electrons. The van der Waals surface area contributed by atoms with Gasteiger partial charge in [-0.2, -0.15) is 0 Å². The summed E-state index contributed by atoms with van der Waals surface area (Å²) in [5.41, 5.74) is 1.21. The molecule has 0 aromatic heterocycles. The molecule has 1 rings (SSSR count). The third-order valence-electron chi connectivity index (χ3n) is 7.43. The number of rotatable bonds is 11. The highest BCUT2D eigenvalue weighted by atomic mass is 28.4. The SMILES string of the molecule is C[C@H](CO[Si](C)(C)C(C)(C)C)C(OCc1ccccc1)[C@@H](C)CO[Si](C)(C)C(C)(C)C. The third-order valence-corrected chi connectivity index (χ3v) is 16.4. The Morgan fingerprint density at radius 2 is 1.10 bits per heavy atom. The van der Waals surface area contributed by atoms with Crippen LogP contribution in [-0.2, 0) is 20.2 Å². The van der Waals surface area contributed by atoms with Crippen molar-refractivity contribution in [2.24, 2.45) is 11.8 Å². The number of hydrogen-bond donors (Lipinski definition) is 0. The van der Waals surface area contributed by atoms with E-state index >= 15 is 0 Å². The van der Waals surface area contributed by atoms with E-state index in [9.17, 15) is 0 Å². The van der Waals surface area contributed by atoms with Crippen LogP contribution in [0.15, 0.2) is 30.3 Å². The minimum atomic E-state index is -1.79. The molecule has 0 heterocycles. The highest BCUT2D eigenvalue weighted by molar-refractivity contribution is 6.74. The van der Waals surface area contributed by atoms with Crippen LogP contribution < -0.4 is 0 Å². The van der Waals surface area contributed by atoms with E-state index in [0.717, 1.165) is 13.2 Å². The van der Waals surface area contributed by atoms with Crippen LogP contribution in [0.4, 0.5) is 0 Å². The van der Waals surface area contributed by atoms with E-state index in [1.807, 2.05) is 6.07 Å². The fraction of sp³-hybridized carbons (Fsp3) is 0.769. The average molecular weight is 467 g/mol. The zero-order chi connectivity index (χ0) is 24.1. The Kier molecular flexibility index (Phi) is 10.2. The number of benzene rings is 1. The average Bonchev–Trinajstić information content (AvgIpc) is 2.64. The highest BCUT2D eigenvalue weighted by Gasteiger charge is 2.40. The predicted molar refractivity (Wildman–Crippen MR) is 140 cm³/mol. The maximum atomic E-state index is 6.57. The topological polar surface area (TPSA) is 27.7 Å². The molecule has 1 unspecified atom stereocenters. The summed E-state index contributed by atoms with van der Waals surface area (Å²) in [6, 6.07) is 10.4. The largest absolute Gasteiger partial charge is 0.416 e. The van der Waals surface area contributed by atoms with E-state index in [2.05, 4.69) is 106 Å². The number of hydrogen-bond acceptors (Lipinski definition) is 3. The third kappa shape index (κ3) is 8.77. The van der Waals surface area contributed by atoms with Crippen LogP contribution >= 0.6 is 0 Å². The molecular weight excluding hydrogens is 416 g/mol. The van der Waals surface area contributed by atoms with Crippen molar-refractivity contribution < 1.29 is 13.6 Å². The molecule has 1 aromatic rings. The van der Waals surface area contributed by atoms with Gasteiger partial charge in [-0.15, -0.1) is 0 Å². The van der Waals surface area contributed by atoms with E-state index < -0.39 is 16.6 Å². The van der Waals surface area contributed by atoms with Gasteiger partial charge in [-0.05, 0) is 41.8 Å². The molecule has 0 N–H and O–H groups in total. The second kappa shape index (κ2) is 11.1. The van der Waals surface area contributed by atoms with Crippen molar-refractivity contribution in [2.75, 3.05) is 13.2 Å². The summed E-state index contributed by atoms with van der Waals surface area (Å²) in [4.78, 5) is 0. The van der Waals surface area contributed by atoms with Gasteiger partial charge in [0.25, 0.3) is 0 Å². The zero-order valence-electron chi connectivity index (χ0n) is 22.5. The van der Waals surface area contributed by atoms with Gasteiger partial charge in [-0.25, -0.2) is 0 Å². The van der Waals surface area contributed by atoms with E-state index in [0.29, 0.717) is 18.4 Å². The van der Waals surface area contributed by atoms with E-state index in [4.69, 9.17) is 13.6 Å². The molecule has 0 fully saturated rings. The quantitative estimate of drug-likeness (QED) is 0.310. The molecule has 31 heavy (non-hydrogen) atoms. The minimum absolute atomic E-state index is 0.0924. The Labute approximate surface area is 195 Å². The standard InChI is InChI=1S/C26H50O3Si2/c1-21(18-28-30(9,10)25(3,4)5)24(27-20-23-16-14-13-15-17-23)22(2)19-29-31(11,12)26(6,7)8/h13-17,21-22,24H,18-20H2,1-12H3/t21-,22+,24?. The van der Waals surface area contributed by atoms with Crippen molar-refractivity contribution >= 4 is 16.6 Å². The Hall–Kier alpha value is -0.466. The van der Waals surface area contributed by atoms with Crippen LogP contribution in [0.25, 0.3) is 0 Å². The van der Waals surface area contributed by atoms with Gasteiger partial charge < -0.3 is 13.6 Å². The lowest BCUT2D eigenvalue weighted by molar-refractivity contribution is -0.0507. The lowest BCUT2D eigenvalue weighted by Crippen LogP contribution is -2.45. The van der Waals surface area contributed by atoms with Crippen LogP contribution in [0, 0.1) is 11.8 Å². The maximum Gasteiger partial charge on any atom is 0.191 e. The smallest absolute Gasteiger partial charge is 0.191 e. The number of ether oxygens (including phenoxy) is 1. The molecule has 180 valence electrons. The molecule has 0 saturated carbocycles. The molecule has 0 aliphatic heterocycles. The lowest BCUT2D eigenvalue weighted by atomic mass is 9.94. The van der Waals surface area contributed by atoms with Gasteiger partial charge in [-0.3, -0.25) is 0 Å². The van der Waals surface area contributed by atoms with Gasteiger partial charge in [0.05, 0.1) is 12.7 Å². The molecule has 3 nitrogen and oxygen atoms in total. The monoisotopic (exact) mass is 466 g/mol. The first-order valence-corrected chi connectivity index (χ1v) is 17.7. The Morgan fingerprint density at radius 1 is 0.710 bits per heavy atom. The fourth-order valence-electron chi connectivity index (χ4n) is 2.96. The molecule has 3 atom stereocenters. The normalized spacial score (nSPS) is 16.8. The summed E-state index contributed by atoms with van der Waals surface area (Å²) in [5.74, 6) is 0.603. The molecule has 5 heteroatoms. The summed E-state index contributed by atoms with van der Waals surface area (Å²) in [6.07, 6.45) is 0.0924. The van der Waals surface area contributed by atoms with Crippen molar-refractivity contribution in [1.29, 1.82) is 0 Å². The van der Waals surface area contributed by atoms with Gasteiger partial charge in [0.15, 0.2) is 16.6 Å². The summed E-state index contributed by atoms with van der Waals surface area (Å²) in [7, 11) is -3.58. The Morgan fingerprint density at radius 3 is 1.45 bits per heavy atom. The first-order chi connectivity index (χ1) is 14.0. The van der Waals surface area contributed by atoms with Gasteiger partial charge >= 0.3 is 0 Å². The van der Waals surface area contributed by atoms with Crippen LogP contribution in [0.1, 0.15) is 61.0 Å².